The van der Waals surface area contributed by atoms with E-state index >= 15 is 0 Å². The third kappa shape index (κ3) is 7.62. The van der Waals surface area contributed by atoms with Gasteiger partial charge in [0.15, 0.2) is 0 Å². The van der Waals surface area contributed by atoms with Crippen molar-refractivity contribution in [1.29, 1.82) is 0 Å². The van der Waals surface area contributed by atoms with Crippen LogP contribution in [0.15, 0.2) is 28.9 Å². The van der Waals surface area contributed by atoms with E-state index in [2.05, 4.69) is 17.0 Å². The van der Waals surface area contributed by atoms with E-state index in [-0.39, 0.29) is 6.54 Å². The molecule has 0 radical (unpaired) electrons. The van der Waals surface area contributed by atoms with Gasteiger partial charge in [0.2, 0.25) is 0 Å². The fourth-order valence-corrected chi connectivity index (χ4v) is 1.15. The number of amides is 1. The molecule has 18 heavy (non-hydrogen) atoms. The zero-order valence-electron chi connectivity index (χ0n) is 11.4. The molecule has 0 aliphatic heterocycles. The SMILES string of the molecule is C=N/C=C\C(=C/C)C(O)CNC(=O)OC(C)(C)C. The van der Waals surface area contributed by atoms with Crippen LogP contribution in [0.3, 0.4) is 0 Å². The van der Waals surface area contributed by atoms with Crippen LogP contribution in [0.4, 0.5) is 4.79 Å². The Kier molecular flexibility index (Phi) is 6.97. The molecule has 2 N–H and O–H groups in total. The number of aliphatic hydroxyl groups excluding tert-OH is 1. The zero-order chi connectivity index (χ0) is 14.2. The molecule has 0 aliphatic carbocycles. The summed E-state index contributed by atoms with van der Waals surface area (Å²) in [4.78, 5) is 14.9. The van der Waals surface area contributed by atoms with Gasteiger partial charge in [0, 0.05) is 6.20 Å². The molecule has 0 bridgehead atoms. The molecule has 1 amide bonds. The van der Waals surface area contributed by atoms with Gasteiger partial charge in [-0.2, -0.15) is 0 Å². The summed E-state index contributed by atoms with van der Waals surface area (Å²) in [5.74, 6) is 0. The number of carbonyl (C=O) groups excluding carboxylic acids is 1. The van der Waals surface area contributed by atoms with Crippen LogP contribution in [0.2, 0.25) is 0 Å². The largest absolute Gasteiger partial charge is 0.444 e. The van der Waals surface area contributed by atoms with Gasteiger partial charge >= 0.3 is 6.09 Å². The fourth-order valence-electron chi connectivity index (χ4n) is 1.15. The van der Waals surface area contributed by atoms with Crippen LogP contribution in [-0.2, 0) is 4.74 Å². The normalized spacial score (nSPS) is 14.4. The first kappa shape index (κ1) is 16.4. The Bertz CT molecular complexity index is 341. The molecule has 0 spiro atoms. The minimum Gasteiger partial charge on any atom is -0.444 e. The molecule has 0 aliphatic rings. The summed E-state index contributed by atoms with van der Waals surface area (Å²) in [6.07, 6.45) is 3.49. The van der Waals surface area contributed by atoms with E-state index in [1.54, 1.807) is 39.8 Å². The van der Waals surface area contributed by atoms with Crippen LogP contribution in [0.5, 0.6) is 0 Å². The minimum absolute atomic E-state index is 0.0794. The highest BCUT2D eigenvalue weighted by atomic mass is 16.6. The van der Waals surface area contributed by atoms with E-state index in [1.807, 2.05) is 0 Å². The van der Waals surface area contributed by atoms with Gasteiger partial charge in [-0.25, -0.2) is 4.79 Å². The van der Waals surface area contributed by atoms with Crippen LogP contribution in [0.25, 0.3) is 0 Å². The molecular formula is C13H22N2O3. The number of hydrogen-bond donors (Lipinski definition) is 2. The molecule has 0 heterocycles. The number of ether oxygens (including phenoxy) is 1. The molecule has 0 aromatic heterocycles. The van der Waals surface area contributed by atoms with E-state index in [4.69, 9.17) is 4.74 Å². The van der Waals surface area contributed by atoms with Crippen molar-refractivity contribution in [3.05, 3.63) is 23.9 Å². The number of aliphatic hydroxyl groups is 1. The van der Waals surface area contributed by atoms with E-state index < -0.39 is 17.8 Å². The Hall–Kier alpha value is -1.62. The Morgan fingerprint density at radius 2 is 2.17 bits per heavy atom. The minimum atomic E-state index is -0.805. The molecular weight excluding hydrogens is 232 g/mol. The van der Waals surface area contributed by atoms with Crippen molar-refractivity contribution in [2.75, 3.05) is 6.54 Å². The van der Waals surface area contributed by atoms with Gasteiger partial charge in [-0.15, -0.1) is 0 Å². The zero-order valence-corrected chi connectivity index (χ0v) is 11.4. The number of nitrogens with zero attached hydrogens (tertiary/aromatic N) is 1. The highest BCUT2D eigenvalue weighted by molar-refractivity contribution is 5.67. The topological polar surface area (TPSA) is 70.9 Å². The number of carbonyl (C=O) groups is 1. The molecule has 1 atom stereocenters. The number of nitrogens with one attached hydrogen (secondary N) is 1. The van der Waals surface area contributed by atoms with Crippen molar-refractivity contribution >= 4 is 12.8 Å². The number of hydrogen-bond acceptors (Lipinski definition) is 4. The van der Waals surface area contributed by atoms with Crippen molar-refractivity contribution in [3.8, 4) is 0 Å². The first-order valence-corrected chi connectivity index (χ1v) is 5.73. The van der Waals surface area contributed by atoms with E-state index in [9.17, 15) is 9.90 Å². The third-order valence-corrected chi connectivity index (χ3v) is 1.93. The summed E-state index contributed by atoms with van der Waals surface area (Å²) in [7, 11) is 0. The highest BCUT2D eigenvalue weighted by Crippen LogP contribution is 2.07. The predicted octanol–water partition coefficient (Wildman–Crippen LogP) is 2.03. The molecule has 0 saturated heterocycles. The monoisotopic (exact) mass is 254 g/mol. The Morgan fingerprint density at radius 1 is 1.56 bits per heavy atom. The predicted molar refractivity (Wildman–Crippen MR) is 72.7 cm³/mol. The first-order chi connectivity index (χ1) is 8.30. The van der Waals surface area contributed by atoms with Crippen LogP contribution in [-0.4, -0.2) is 36.2 Å². The second kappa shape index (κ2) is 7.66. The molecule has 0 aromatic rings. The molecule has 0 aromatic carbocycles. The summed E-state index contributed by atoms with van der Waals surface area (Å²) >= 11 is 0. The molecule has 1 unspecified atom stereocenters. The number of rotatable bonds is 5. The lowest BCUT2D eigenvalue weighted by Crippen LogP contribution is -2.37. The molecule has 102 valence electrons. The highest BCUT2D eigenvalue weighted by Gasteiger charge is 2.17. The second-order valence-corrected chi connectivity index (χ2v) is 4.69. The summed E-state index contributed by atoms with van der Waals surface area (Å²) in [5.41, 5.74) is 0.101. The summed E-state index contributed by atoms with van der Waals surface area (Å²) in [5, 5.41) is 12.3. The van der Waals surface area contributed by atoms with Gasteiger partial charge in [-0.3, -0.25) is 4.99 Å². The maximum atomic E-state index is 11.4. The van der Waals surface area contributed by atoms with Gasteiger partial charge in [-0.1, -0.05) is 6.08 Å². The quantitative estimate of drug-likeness (QED) is 0.582. The molecule has 0 fully saturated rings. The van der Waals surface area contributed by atoms with E-state index in [0.29, 0.717) is 5.57 Å². The van der Waals surface area contributed by atoms with Gasteiger partial charge in [0.1, 0.15) is 5.60 Å². The van der Waals surface area contributed by atoms with Crippen molar-refractivity contribution in [2.45, 2.75) is 39.4 Å². The van der Waals surface area contributed by atoms with Crippen LogP contribution >= 0.6 is 0 Å². The molecule has 0 saturated carbocycles. The Labute approximate surface area is 108 Å². The number of aliphatic imine (C=N–C) groups is 1. The summed E-state index contributed by atoms with van der Waals surface area (Å²) in [6.45, 7) is 10.5. The fraction of sp³-hybridized carbons (Fsp3) is 0.538. The number of alkyl carbamates (subject to hydrolysis) is 1. The standard InChI is InChI=1S/C13H22N2O3/c1-6-10(7-8-14-5)11(16)9-15-12(17)18-13(2,3)4/h6-8,11,16H,5,9H2,1-4H3,(H,15,17)/b8-7-,10-6+. The van der Waals surface area contributed by atoms with Gasteiger partial charge in [0.25, 0.3) is 0 Å². The lowest BCUT2D eigenvalue weighted by Gasteiger charge is -2.20. The maximum Gasteiger partial charge on any atom is 0.407 e. The molecule has 0 rings (SSSR count). The molecule has 5 nitrogen and oxygen atoms in total. The lowest BCUT2D eigenvalue weighted by atomic mass is 10.1. The van der Waals surface area contributed by atoms with Gasteiger partial charge in [-0.05, 0) is 46.1 Å². The molecule has 5 heteroatoms. The second-order valence-electron chi connectivity index (χ2n) is 4.69. The van der Waals surface area contributed by atoms with Crippen LogP contribution in [0, 0.1) is 0 Å². The first-order valence-electron chi connectivity index (χ1n) is 5.73. The summed E-state index contributed by atoms with van der Waals surface area (Å²) in [6, 6.07) is 0. The average molecular weight is 254 g/mol. The van der Waals surface area contributed by atoms with Crippen molar-refractivity contribution < 1.29 is 14.6 Å². The average Bonchev–Trinajstić information content (AvgIpc) is 2.25. The Morgan fingerprint density at radius 3 is 2.61 bits per heavy atom. The smallest absolute Gasteiger partial charge is 0.407 e. The van der Waals surface area contributed by atoms with E-state index in [0.717, 1.165) is 0 Å². The number of allylic oxidation sites excluding steroid dienone is 1. The third-order valence-electron chi connectivity index (χ3n) is 1.93. The lowest BCUT2D eigenvalue weighted by molar-refractivity contribution is 0.0503. The maximum absolute atomic E-state index is 11.4. The summed E-state index contributed by atoms with van der Waals surface area (Å²) < 4.78 is 5.06. The van der Waals surface area contributed by atoms with Crippen LogP contribution < -0.4 is 5.32 Å². The Balaban J connectivity index is 4.24. The van der Waals surface area contributed by atoms with Crippen LogP contribution in [0.1, 0.15) is 27.7 Å². The van der Waals surface area contributed by atoms with Crippen molar-refractivity contribution in [2.24, 2.45) is 4.99 Å². The van der Waals surface area contributed by atoms with Gasteiger partial charge < -0.3 is 15.2 Å². The van der Waals surface area contributed by atoms with E-state index in [1.165, 1.54) is 6.20 Å². The van der Waals surface area contributed by atoms with Gasteiger partial charge in [0.05, 0.1) is 12.6 Å². The van der Waals surface area contributed by atoms with Crippen molar-refractivity contribution in [3.63, 3.8) is 0 Å². The van der Waals surface area contributed by atoms with Crippen molar-refractivity contribution in [1.82, 2.24) is 5.32 Å².